The van der Waals surface area contributed by atoms with Gasteiger partial charge in [0, 0.05) is 6.04 Å². The van der Waals surface area contributed by atoms with Crippen LogP contribution in [0.3, 0.4) is 0 Å². The second-order valence-corrected chi connectivity index (χ2v) is 5.96. The number of hydrogen-bond acceptors (Lipinski definition) is 2. The van der Waals surface area contributed by atoms with E-state index in [1.807, 2.05) is 0 Å². The molecule has 1 saturated carbocycles. The lowest BCUT2D eigenvalue weighted by atomic mass is 9.75. The number of nitrogens with one attached hydrogen (secondary N) is 1. The Labute approximate surface area is 124 Å². The largest absolute Gasteiger partial charge is 0.481 e. The smallest absolute Gasteiger partial charge is 0.315 e. The summed E-state index contributed by atoms with van der Waals surface area (Å²) in [4.78, 5) is 22.3. The summed E-state index contributed by atoms with van der Waals surface area (Å²) in [5.74, 6) is -2.64. The molecular weight excluding hydrogens is 329 g/mol. The van der Waals surface area contributed by atoms with Gasteiger partial charge in [0.1, 0.15) is 11.7 Å². The SMILES string of the molecule is CC(C(=O)O)C(=O)NC1CC(c2ccc(F)c(Br)c2)C1. The summed E-state index contributed by atoms with van der Waals surface area (Å²) in [6, 6.07) is 4.90. The molecule has 0 radical (unpaired) electrons. The molecule has 1 aliphatic rings. The molecule has 1 unspecified atom stereocenters. The Morgan fingerprint density at radius 3 is 2.65 bits per heavy atom. The van der Waals surface area contributed by atoms with Crippen LogP contribution in [0.2, 0.25) is 0 Å². The molecule has 0 aromatic heterocycles. The molecule has 0 heterocycles. The van der Waals surface area contributed by atoms with Crippen LogP contribution >= 0.6 is 15.9 Å². The van der Waals surface area contributed by atoms with Gasteiger partial charge in [0.15, 0.2) is 0 Å². The van der Waals surface area contributed by atoms with E-state index in [0.29, 0.717) is 4.47 Å². The normalized spacial score (nSPS) is 22.8. The van der Waals surface area contributed by atoms with Gasteiger partial charge in [0.2, 0.25) is 5.91 Å². The van der Waals surface area contributed by atoms with E-state index in [4.69, 9.17) is 5.11 Å². The minimum Gasteiger partial charge on any atom is -0.481 e. The van der Waals surface area contributed by atoms with E-state index in [1.165, 1.54) is 13.0 Å². The Hall–Kier alpha value is -1.43. The molecule has 4 nitrogen and oxygen atoms in total. The number of benzene rings is 1. The number of rotatable bonds is 4. The highest BCUT2D eigenvalue weighted by Crippen LogP contribution is 2.38. The third kappa shape index (κ3) is 3.17. The van der Waals surface area contributed by atoms with Gasteiger partial charge in [-0.15, -0.1) is 0 Å². The molecular formula is C14H15BrFNO3. The van der Waals surface area contributed by atoms with Crippen LogP contribution in [0.15, 0.2) is 22.7 Å². The highest BCUT2D eigenvalue weighted by Gasteiger charge is 2.33. The fraction of sp³-hybridized carbons (Fsp3) is 0.429. The second-order valence-electron chi connectivity index (χ2n) is 5.11. The Morgan fingerprint density at radius 1 is 1.45 bits per heavy atom. The highest BCUT2D eigenvalue weighted by molar-refractivity contribution is 9.10. The second kappa shape index (κ2) is 5.91. The van der Waals surface area contributed by atoms with Crippen molar-refractivity contribution in [2.75, 3.05) is 0 Å². The monoisotopic (exact) mass is 343 g/mol. The highest BCUT2D eigenvalue weighted by atomic mass is 79.9. The maximum absolute atomic E-state index is 13.1. The molecule has 20 heavy (non-hydrogen) atoms. The maximum atomic E-state index is 13.1. The summed E-state index contributed by atoms with van der Waals surface area (Å²) >= 11 is 3.15. The lowest BCUT2D eigenvalue weighted by molar-refractivity contribution is -0.146. The zero-order valence-electron chi connectivity index (χ0n) is 10.9. The molecule has 0 aliphatic heterocycles. The topological polar surface area (TPSA) is 66.4 Å². The van der Waals surface area contributed by atoms with Crippen molar-refractivity contribution in [3.05, 3.63) is 34.1 Å². The molecule has 2 rings (SSSR count). The Bertz CT molecular complexity index is 543. The number of halogens is 2. The van der Waals surface area contributed by atoms with E-state index < -0.39 is 17.8 Å². The lowest BCUT2D eigenvalue weighted by Gasteiger charge is -2.36. The van der Waals surface area contributed by atoms with Crippen LogP contribution in [0.5, 0.6) is 0 Å². The summed E-state index contributed by atoms with van der Waals surface area (Å²) in [7, 11) is 0. The fourth-order valence-electron chi connectivity index (χ4n) is 2.21. The van der Waals surface area contributed by atoms with E-state index in [-0.39, 0.29) is 17.8 Å². The molecule has 0 spiro atoms. The van der Waals surface area contributed by atoms with Crippen molar-refractivity contribution < 1.29 is 19.1 Å². The summed E-state index contributed by atoms with van der Waals surface area (Å²) < 4.78 is 13.6. The molecule has 1 aliphatic carbocycles. The lowest BCUT2D eigenvalue weighted by Crippen LogP contribution is -2.46. The first kappa shape index (κ1) is 15.0. The number of carboxylic acids is 1. The number of amides is 1. The van der Waals surface area contributed by atoms with Crippen molar-refractivity contribution in [3.63, 3.8) is 0 Å². The third-order valence-corrected chi connectivity index (χ3v) is 4.27. The van der Waals surface area contributed by atoms with Gasteiger partial charge < -0.3 is 10.4 Å². The van der Waals surface area contributed by atoms with Gasteiger partial charge in [0.05, 0.1) is 4.47 Å². The number of hydrogen-bond donors (Lipinski definition) is 2. The van der Waals surface area contributed by atoms with Crippen LogP contribution in [0, 0.1) is 11.7 Å². The first-order chi connectivity index (χ1) is 9.38. The maximum Gasteiger partial charge on any atom is 0.315 e. The quantitative estimate of drug-likeness (QED) is 0.826. The molecule has 6 heteroatoms. The average Bonchev–Trinajstić information content (AvgIpc) is 2.35. The van der Waals surface area contributed by atoms with Crippen molar-refractivity contribution in [1.29, 1.82) is 0 Å². The first-order valence-corrected chi connectivity index (χ1v) is 7.16. The standard InChI is InChI=1S/C14H15BrFNO3/c1-7(14(19)20)13(18)17-10-4-9(5-10)8-2-3-12(16)11(15)6-8/h2-3,6-7,9-10H,4-5H2,1H3,(H,17,18)(H,19,20). The van der Waals surface area contributed by atoms with Gasteiger partial charge in [-0.1, -0.05) is 6.07 Å². The zero-order valence-corrected chi connectivity index (χ0v) is 12.5. The molecule has 2 N–H and O–H groups in total. The van der Waals surface area contributed by atoms with Gasteiger partial charge in [0.25, 0.3) is 0 Å². The van der Waals surface area contributed by atoms with Gasteiger partial charge in [-0.3, -0.25) is 9.59 Å². The fourth-order valence-corrected chi connectivity index (χ4v) is 2.61. The molecule has 0 bridgehead atoms. The molecule has 1 aromatic carbocycles. The number of carbonyl (C=O) groups excluding carboxylic acids is 1. The van der Waals surface area contributed by atoms with Crippen molar-refractivity contribution in [2.45, 2.75) is 31.7 Å². The third-order valence-electron chi connectivity index (χ3n) is 3.66. The summed E-state index contributed by atoms with van der Waals surface area (Å²) in [5.41, 5.74) is 1.02. The number of aliphatic carboxylic acids is 1. The van der Waals surface area contributed by atoms with Crippen LogP contribution in [0.4, 0.5) is 4.39 Å². The molecule has 1 atom stereocenters. The van der Waals surface area contributed by atoms with Crippen LogP contribution in [0.1, 0.15) is 31.2 Å². The minimum absolute atomic E-state index is 0.00173. The Balaban J connectivity index is 1.87. The van der Waals surface area contributed by atoms with E-state index in [2.05, 4.69) is 21.2 Å². The van der Waals surface area contributed by atoms with E-state index >= 15 is 0 Å². The molecule has 1 amide bonds. The molecule has 108 valence electrons. The first-order valence-electron chi connectivity index (χ1n) is 6.36. The number of carbonyl (C=O) groups is 2. The summed E-state index contributed by atoms with van der Waals surface area (Å²) in [5, 5.41) is 11.5. The predicted octanol–water partition coefficient (Wildman–Crippen LogP) is 2.67. The molecule has 1 aromatic rings. The molecule has 0 saturated heterocycles. The van der Waals surface area contributed by atoms with Crippen LogP contribution < -0.4 is 5.32 Å². The van der Waals surface area contributed by atoms with Crippen molar-refractivity contribution in [1.82, 2.24) is 5.32 Å². The van der Waals surface area contributed by atoms with E-state index in [1.54, 1.807) is 12.1 Å². The summed E-state index contributed by atoms with van der Waals surface area (Å²) in [6.45, 7) is 1.37. The Kier molecular flexibility index (Phi) is 4.42. The predicted molar refractivity (Wildman–Crippen MR) is 74.8 cm³/mol. The summed E-state index contributed by atoms with van der Waals surface area (Å²) in [6.07, 6.45) is 1.49. The van der Waals surface area contributed by atoms with Crippen LogP contribution in [0.25, 0.3) is 0 Å². The molecule has 1 fully saturated rings. The number of carboxylic acid groups (broad SMARTS) is 1. The van der Waals surface area contributed by atoms with Crippen LogP contribution in [-0.4, -0.2) is 23.0 Å². The van der Waals surface area contributed by atoms with Gasteiger partial charge in [-0.25, -0.2) is 4.39 Å². The minimum atomic E-state index is -1.12. The van der Waals surface area contributed by atoms with Crippen molar-refractivity contribution >= 4 is 27.8 Å². The van der Waals surface area contributed by atoms with Crippen molar-refractivity contribution in [3.8, 4) is 0 Å². The van der Waals surface area contributed by atoms with Gasteiger partial charge in [-0.05, 0) is 59.3 Å². The van der Waals surface area contributed by atoms with Gasteiger partial charge >= 0.3 is 5.97 Å². The average molecular weight is 344 g/mol. The zero-order chi connectivity index (χ0) is 14.9. The van der Waals surface area contributed by atoms with Gasteiger partial charge in [-0.2, -0.15) is 0 Å². The Morgan fingerprint density at radius 2 is 2.10 bits per heavy atom. The van der Waals surface area contributed by atoms with Crippen molar-refractivity contribution in [2.24, 2.45) is 5.92 Å². The van der Waals surface area contributed by atoms with E-state index in [0.717, 1.165) is 18.4 Å². The van der Waals surface area contributed by atoms with Crippen LogP contribution in [-0.2, 0) is 9.59 Å². The van der Waals surface area contributed by atoms with E-state index in [9.17, 15) is 14.0 Å².